The predicted octanol–water partition coefficient (Wildman–Crippen LogP) is 9.74. The zero-order chi connectivity index (χ0) is 33.9. The molecule has 0 amide bonds. The number of allylic oxidation sites excluding steroid dienone is 5. The molecule has 0 bridgehead atoms. The molecular weight excluding hydrogens is 588 g/mol. The van der Waals surface area contributed by atoms with Crippen LogP contribution in [0, 0.1) is 0 Å². The lowest BCUT2D eigenvalue weighted by Crippen LogP contribution is -2.20. The number of hydrogen-bond acceptors (Lipinski definition) is 6. The summed E-state index contributed by atoms with van der Waals surface area (Å²) in [5, 5.41) is 19.2. The summed E-state index contributed by atoms with van der Waals surface area (Å²) in [7, 11) is 0. The van der Waals surface area contributed by atoms with Crippen LogP contribution in [0.4, 0.5) is 0 Å². The first-order valence-electron chi connectivity index (χ1n) is 16.6. The molecule has 0 radical (unpaired) electrons. The Balaban J connectivity index is 1.09. The summed E-state index contributed by atoms with van der Waals surface area (Å²) < 4.78 is 11.2. The van der Waals surface area contributed by atoms with Crippen molar-refractivity contribution in [1.29, 1.82) is 0 Å². The number of phenolic OH excluding ortho intramolecular Hbond substituents is 2. The van der Waals surface area contributed by atoms with Crippen molar-refractivity contribution in [2.45, 2.75) is 96.3 Å². The molecule has 47 heavy (non-hydrogen) atoms. The van der Waals surface area contributed by atoms with E-state index in [1.807, 2.05) is 72.8 Å². The van der Waals surface area contributed by atoms with Gasteiger partial charge in [0, 0.05) is 23.7 Å². The van der Waals surface area contributed by atoms with Gasteiger partial charge in [-0.1, -0.05) is 108 Å². The molecular formula is C41H48O6. The minimum Gasteiger partial charge on any atom is -0.508 e. The fraction of sp³-hybridized carbons (Fsp3) is 0.366. The third-order valence-electron chi connectivity index (χ3n) is 9.10. The Morgan fingerprint density at radius 2 is 1.04 bits per heavy atom. The quantitative estimate of drug-likeness (QED) is 0.0980. The summed E-state index contributed by atoms with van der Waals surface area (Å²) in [5.41, 5.74) is 4.00. The maximum atomic E-state index is 12.5. The number of rotatable bonds is 15. The van der Waals surface area contributed by atoms with Gasteiger partial charge < -0.3 is 19.7 Å². The molecule has 6 heteroatoms. The van der Waals surface area contributed by atoms with Crippen molar-refractivity contribution < 1.29 is 29.3 Å². The first kappa shape index (κ1) is 35.3. The second-order valence-corrected chi connectivity index (χ2v) is 13.3. The van der Waals surface area contributed by atoms with Crippen molar-refractivity contribution in [3.63, 3.8) is 0 Å². The van der Waals surface area contributed by atoms with E-state index in [0.717, 1.165) is 61.6 Å². The predicted molar refractivity (Wildman–Crippen MR) is 186 cm³/mol. The number of benzene rings is 3. The van der Waals surface area contributed by atoms with Gasteiger partial charge in [0.25, 0.3) is 0 Å². The summed E-state index contributed by atoms with van der Waals surface area (Å²) in [6.07, 6.45) is 14.7. The number of phenols is 2. The standard InChI is InChI=1S/C41H48O6/c1-40(2,31-16-23-34(42)24-17-31)30-12-11-13-36(27-20-30)46-38(44)14-9-7-5-6-8-10-15-39(45)47-37-28-21-33(22-29-37)41(3,4)32-18-25-35(43)26-19-32/h11,13,16-29,42-43H,5-10,12,14-15H2,1-4H3. The Morgan fingerprint density at radius 3 is 1.57 bits per heavy atom. The molecule has 0 aliphatic heterocycles. The molecule has 0 heterocycles. The molecule has 248 valence electrons. The first-order valence-corrected chi connectivity index (χ1v) is 16.6. The van der Waals surface area contributed by atoms with Gasteiger partial charge >= 0.3 is 11.9 Å². The summed E-state index contributed by atoms with van der Waals surface area (Å²) >= 11 is 0. The molecule has 0 saturated heterocycles. The van der Waals surface area contributed by atoms with E-state index in [-0.39, 0.29) is 34.3 Å². The van der Waals surface area contributed by atoms with E-state index >= 15 is 0 Å². The highest BCUT2D eigenvalue weighted by molar-refractivity contribution is 5.72. The molecule has 3 aromatic rings. The third-order valence-corrected chi connectivity index (χ3v) is 9.10. The highest BCUT2D eigenvalue weighted by atomic mass is 16.5. The molecule has 0 saturated carbocycles. The lowest BCUT2D eigenvalue weighted by molar-refractivity contribution is -0.139. The largest absolute Gasteiger partial charge is 0.508 e. The number of carbonyl (C=O) groups is 2. The second kappa shape index (κ2) is 16.3. The van der Waals surface area contributed by atoms with Gasteiger partial charge in [0.05, 0.1) is 0 Å². The molecule has 6 nitrogen and oxygen atoms in total. The fourth-order valence-electron chi connectivity index (χ4n) is 5.80. The molecule has 0 unspecified atom stereocenters. The molecule has 4 rings (SSSR count). The van der Waals surface area contributed by atoms with Crippen molar-refractivity contribution in [3.05, 3.63) is 125 Å². The van der Waals surface area contributed by atoms with Crippen LogP contribution in [0.5, 0.6) is 17.2 Å². The van der Waals surface area contributed by atoms with Gasteiger partial charge in [-0.15, -0.1) is 0 Å². The normalized spacial score (nSPS) is 13.4. The van der Waals surface area contributed by atoms with E-state index in [2.05, 4.69) is 27.7 Å². The van der Waals surface area contributed by atoms with Gasteiger partial charge in [0.15, 0.2) is 0 Å². The fourth-order valence-corrected chi connectivity index (χ4v) is 5.80. The summed E-state index contributed by atoms with van der Waals surface area (Å²) in [6, 6.07) is 22.1. The van der Waals surface area contributed by atoms with E-state index in [1.54, 1.807) is 24.3 Å². The van der Waals surface area contributed by atoms with Crippen LogP contribution in [0.15, 0.2) is 108 Å². The number of esters is 2. The number of carbonyl (C=O) groups excluding carboxylic acids is 2. The maximum Gasteiger partial charge on any atom is 0.311 e. The van der Waals surface area contributed by atoms with Crippen LogP contribution in [0.3, 0.4) is 0 Å². The molecule has 0 spiro atoms. The second-order valence-electron chi connectivity index (χ2n) is 13.3. The molecule has 0 aromatic heterocycles. The molecule has 0 atom stereocenters. The van der Waals surface area contributed by atoms with Crippen LogP contribution in [-0.2, 0) is 25.2 Å². The average molecular weight is 637 g/mol. The lowest BCUT2D eigenvalue weighted by atomic mass is 9.76. The molecule has 1 aliphatic rings. The van der Waals surface area contributed by atoms with Crippen molar-refractivity contribution in [2.24, 2.45) is 0 Å². The number of hydrogen-bond donors (Lipinski definition) is 2. The van der Waals surface area contributed by atoms with Crippen molar-refractivity contribution in [2.75, 3.05) is 0 Å². The Hall–Kier alpha value is -4.58. The average Bonchev–Trinajstić information content (AvgIpc) is 3.29. The molecule has 3 aromatic carbocycles. The van der Waals surface area contributed by atoms with Crippen LogP contribution in [-0.4, -0.2) is 22.2 Å². The van der Waals surface area contributed by atoms with Crippen LogP contribution in [0.2, 0.25) is 0 Å². The van der Waals surface area contributed by atoms with Crippen LogP contribution >= 0.6 is 0 Å². The van der Waals surface area contributed by atoms with Crippen LogP contribution in [0.25, 0.3) is 0 Å². The topological polar surface area (TPSA) is 93.1 Å². The smallest absolute Gasteiger partial charge is 0.311 e. The zero-order valence-corrected chi connectivity index (χ0v) is 28.1. The molecule has 2 N–H and O–H groups in total. The third kappa shape index (κ3) is 10.2. The maximum absolute atomic E-state index is 12.5. The van der Waals surface area contributed by atoms with Gasteiger partial charge in [-0.25, -0.2) is 0 Å². The van der Waals surface area contributed by atoms with Gasteiger partial charge in [-0.2, -0.15) is 0 Å². The summed E-state index contributed by atoms with van der Waals surface area (Å²) in [6.45, 7) is 8.54. The number of aromatic hydroxyl groups is 2. The molecule has 0 fully saturated rings. The van der Waals surface area contributed by atoms with Crippen molar-refractivity contribution in [1.82, 2.24) is 0 Å². The van der Waals surface area contributed by atoms with Crippen molar-refractivity contribution in [3.8, 4) is 17.2 Å². The van der Waals surface area contributed by atoms with Crippen LogP contribution in [0.1, 0.15) is 102 Å². The Kier molecular flexibility index (Phi) is 12.2. The number of ether oxygens (including phenoxy) is 2. The minimum absolute atomic E-state index is 0.227. The summed E-state index contributed by atoms with van der Waals surface area (Å²) in [4.78, 5) is 24.8. The van der Waals surface area contributed by atoms with Crippen LogP contribution < -0.4 is 4.74 Å². The van der Waals surface area contributed by atoms with E-state index in [4.69, 9.17) is 9.47 Å². The Bertz CT molecular complexity index is 1570. The zero-order valence-electron chi connectivity index (χ0n) is 28.1. The highest BCUT2D eigenvalue weighted by Gasteiger charge is 2.26. The van der Waals surface area contributed by atoms with Crippen molar-refractivity contribution >= 4 is 11.9 Å². The number of unbranched alkanes of at least 4 members (excludes halogenated alkanes) is 5. The van der Waals surface area contributed by atoms with Gasteiger partial charge in [-0.3, -0.25) is 9.59 Å². The SMILES string of the molecule is CC(C)(C1=CC=C(OC(=O)CCCCCCCCC(=O)Oc2ccc(C(C)(C)c3ccc(O)cc3)cc2)C=CC1)c1ccc(O)cc1. The van der Waals surface area contributed by atoms with E-state index in [0.29, 0.717) is 24.4 Å². The van der Waals surface area contributed by atoms with E-state index < -0.39 is 0 Å². The first-order chi connectivity index (χ1) is 22.4. The Morgan fingerprint density at radius 1 is 0.596 bits per heavy atom. The van der Waals surface area contributed by atoms with Gasteiger partial charge in [0.1, 0.15) is 23.0 Å². The molecule has 1 aliphatic carbocycles. The lowest BCUT2D eigenvalue weighted by Gasteiger charge is -2.28. The van der Waals surface area contributed by atoms with E-state index in [9.17, 15) is 19.8 Å². The Labute approximate surface area is 279 Å². The minimum atomic E-state index is -0.253. The summed E-state index contributed by atoms with van der Waals surface area (Å²) in [5.74, 6) is 1.12. The highest BCUT2D eigenvalue weighted by Crippen LogP contribution is 2.36. The monoisotopic (exact) mass is 636 g/mol. The van der Waals surface area contributed by atoms with Gasteiger partial charge in [-0.05, 0) is 84.5 Å². The van der Waals surface area contributed by atoms with E-state index in [1.165, 1.54) is 5.57 Å². The van der Waals surface area contributed by atoms with Gasteiger partial charge in [0.2, 0.25) is 0 Å².